The topological polar surface area (TPSA) is 72.7 Å². The monoisotopic (exact) mass is 463 g/mol. The van der Waals surface area contributed by atoms with Gasteiger partial charge >= 0.3 is 0 Å². The summed E-state index contributed by atoms with van der Waals surface area (Å²) in [6.45, 7) is 4.85. The summed E-state index contributed by atoms with van der Waals surface area (Å²) in [5.74, 6) is 0.974. The van der Waals surface area contributed by atoms with Gasteiger partial charge in [-0.3, -0.25) is 14.3 Å². The highest BCUT2D eigenvalue weighted by Crippen LogP contribution is 2.32. The predicted molar refractivity (Wildman–Crippen MR) is 130 cm³/mol. The molecular formula is C24H25N5OS2. The molecule has 0 aliphatic rings. The zero-order valence-electron chi connectivity index (χ0n) is 18.1. The van der Waals surface area contributed by atoms with Crippen LogP contribution in [0.5, 0.6) is 0 Å². The second-order valence-electron chi connectivity index (χ2n) is 7.16. The summed E-state index contributed by atoms with van der Waals surface area (Å²) < 4.78 is 2.09. The lowest BCUT2D eigenvalue weighted by Crippen LogP contribution is -2.24. The number of carbonyl (C=O) groups is 1. The number of aryl methyl sites for hydroxylation is 2. The van der Waals surface area contributed by atoms with E-state index in [4.69, 9.17) is 0 Å². The number of nitrogens with zero attached hydrogens (tertiary/aromatic N) is 4. The van der Waals surface area contributed by atoms with Gasteiger partial charge in [0.25, 0.3) is 0 Å². The molecule has 1 amide bonds. The molecule has 0 radical (unpaired) electrons. The fourth-order valence-electron chi connectivity index (χ4n) is 3.53. The zero-order valence-corrected chi connectivity index (χ0v) is 19.7. The molecule has 0 saturated heterocycles. The molecule has 8 heteroatoms. The van der Waals surface area contributed by atoms with E-state index in [1.807, 2.05) is 29.6 Å². The smallest absolute Gasteiger partial charge is 0.230 e. The van der Waals surface area contributed by atoms with Crippen molar-refractivity contribution in [2.75, 3.05) is 5.75 Å². The Bertz CT molecular complexity index is 1150. The van der Waals surface area contributed by atoms with E-state index in [1.54, 1.807) is 23.7 Å². The number of carbonyl (C=O) groups excluding carboxylic acids is 1. The van der Waals surface area contributed by atoms with Gasteiger partial charge in [-0.05, 0) is 47.5 Å². The van der Waals surface area contributed by atoms with Crippen LogP contribution in [-0.2, 0) is 24.2 Å². The second kappa shape index (κ2) is 10.6. The van der Waals surface area contributed by atoms with Gasteiger partial charge in [0, 0.05) is 22.8 Å². The van der Waals surface area contributed by atoms with E-state index in [0.29, 0.717) is 11.7 Å². The van der Waals surface area contributed by atoms with Crippen molar-refractivity contribution in [3.8, 4) is 17.1 Å². The van der Waals surface area contributed by atoms with Crippen molar-refractivity contribution in [2.24, 2.45) is 0 Å². The zero-order chi connectivity index (χ0) is 22.3. The number of benzene rings is 1. The summed E-state index contributed by atoms with van der Waals surface area (Å²) in [5, 5.41) is 14.7. The quantitative estimate of drug-likeness (QED) is 0.357. The van der Waals surface area contributed by atoms with Crippen LogP contribution in [0.4, 0.5) is 0 Å². The fraction of sp³-hybridized carbons (Fsp3) is 0.250. The van der Waals surface area contributed by atoms with Crippen molar-refractivity contribution in [1.82, 2.24) is 25.1 Å². The first-order valence-electron chi connectivity index (χ1n) is 10.6. The first-order valence-corrected chi connectivity index (χ1v) is 12.5. The average molecular weight is 464 g/mol. The van der Waals surface area contributed by atoms with E-state index in [9.17, 15) is 4.79 Å². The second-order valence-corrected chi connectivity index (χ2v) is 9.13. The van der Waals surface area contributed by atoms with Crippen LogP contribution in [0.25, 0.3) is 17.1 Å². The molecule has 1 aromatic carbocycles. The molecule has 0 saturated carbocycles. The first-order chi connectivity index (χ1) is 15.7. The van der Waals surface area contributed by atoms with Gasteiger partial charge in [-0.25, -0.2) is 0 Å². The van der Waals surface area contributed by atoms with Crippen LogP contribution in [0.2, 0.25) is 0 Å². The van der Waals surface area contributed by atoms with E-state index in [-0.39, 0.29) is 11.7 Å². The van der Waals surface area contributed by atoms with Crippen LogP contribution in [0, 0.1) is 0 Å². The lowest BCUT2D eigenvalue weighted by atomic mass is 10.0. The number of rotatable bonds is 9. The highest BCUT2D eigenvalue weighted by molar-refractivity contribution is 7.99. The number of thioether (sulfide) groups is 1. The minimum absolute atomic E-state index is 0.0274. The third kappa shape index (κ3) is 4.92. The van der Waals surface area contributed by atoms with Crippen LogP contribution in [-0.4, -0.2) is 31.4 Å². The first kappa shape index (κ1) is 22.2. The maximum absolute atomic E-state index is 12.5. The molecule has 32 heavy (non-hydrogen) atoms. The Hall–Kier alpha value is -2.97. The third-order valence-corrected chi connectivity index (χ3v) is 6.92. The summed E-state index contributed by atoms with van der Waals surface area (Å²) in [5.41, 5.74) is 4.43. The van der Waals surface area contributed by atoms with Crippen molar-refractivity contribution in [3.63, 3.8) is 0 Å². The summed E-state index contributed by atoms with van der Waals surface area (Å²) in [6.07, 6.45) is 5.32. The summed E-state index contributed by atoms with van der Waals surface area (Å²) in [4.78, 5) is 17.9. The Morgan fingerprint density at radius 3 is 2.53 bits per heavy atom. The molecule has 0 aliphatic carbocycles. The number of amides is 1. The molecule has 6 nitrogen and oxygen atoms in total. The highest BCUT2D eigenvalue weighted by atomic mass is 32.2. The van der Waals surface area contributed by atoms with E-state index in [1.165, 1.54) is 22.9 Å². The number of aromatic nitrogens is 4. The average Bonchev–Trinajstić information content (AvgIpc) is 3.51. The van der Waals surface area contributed by atoms with Crippen molar-refractivity contribution in [3.05, 3.63) is 76.2 Å². The van der Waals surface area contributed by atoms with Gasteiger partial charge in [-0.1, -0.05) is 49.9 Å². The van der Waals surface area contributed by atoms with Gasteiger partial charge in [0.2, 0.25) is 5.91 Å². The van der Waals surface area contributed by atoms with E-state index >= 15 is 0 Å². The minimum atomic E-state index is -0.0274. The molecule has 1 N–H and O–H groups in total. The maximum atomic E-state index is 12.5. The maximum Gasteiger partial charge on any atom is 0.230 e. The largest absolute Gasteiger partial charge is 0.350 e. The lowest BCUT2D eigenvalue weighted by molar-refractivity contribution is -0.118. The molecule has 0 bridgehead atoms. The van der Waals surface area contributed by atoms with Gasteiger partial charge in [0.05, 0.1) is 18.0 Å². The van der Waals surface area contributed by atoms with Gasteiger partial charge < -0.3 is 5.32 Å². The van der Waals surface area contributed by atoms with Gasteiger partial charge in [-0.2, -0.15) is 0 Å². The van der Waals surface area contributed by atoms with Gasteiger partial charge in [0.1, 0.15) is 0 Å². The predicted octanol–water partition coefficient (Wildman–Crippen LogP) is 4.92. The molecule has 0 spiro atoms. The van der Waals surface area contributed by atoms with E-state index in [0.717, 1.165) is 34.8 Å². The van der Waals surface area contributed by atoms with Crippen LogP contribution in [0.1, 0.15) is 29.9 Å². The third-order valence-electron chi connectivity index (χ3n) is 5.11. The van der Waals surface area contributed by atoms with Crippen LogP contribution < -0.4 is 5.32 Å². The highest BCUT2D eigenvalue weighted by Gasteiger charge is 2.21. The molecule has 0 unspecified atom stereocenters. The Balaban J connectivity index is 1.67. The number of hydrogen-bond donors (Lipinski definition) is 1. The molecule has 0 atom stereocenters. The number of hydrogen-bond acceptors (Lipinski definition) is 6. The Morgan fingerprint density at radius 1 is 1.06 bits per heavy atom. The van der Waals surface area contributed by atoms with Crippen LogP contribution in [0.15, 0.2) is 65.4 Å². The van der Waals surface area contributed by atoms with Crippen molar-refractivity contribution in [2.45, 2.75) is 38.4 Å². The van der Waals surface area contributed by atoms with Gasteiger partial charge in [-0.15, -0.1) is 21.5 Å². The number of thiophene rings is 1. The number of nitrogens with one attached hydrogen (secondary N) is 1. The van der Waals surface area contributed by atoms with Crippen molar-refractivity contribution < 1.29 is 4.79 Å². The Kier molecular flexibility index (Phi) is 7.34. The molecule has 4 aromatic rings. The molecule has 0 aliphatic heterocycles. The van der Waals surface area contributed by atoms with Crippen molar-refractivity contribution in [1.29, 1.82) is 0 Å². The number of para-hydroxylation sites is 1. The molecule has 3 heterocycles. The molecular weight excluding hydrogens is 438 g/mol. The SMILES string of the molecule is CCc1cccc(CC)c1-n1c(SCC(=O)NCc2cccs2)nnc1-c1cccnc1. The normalized spacial score (nSPS) is 10.9. The van der Waals surface area contributed by atoms with Crippen LogP contribution >= 0.6 is 23.1 Å². The molecule has 4 rings (SSSR count). The summed E-state index contributed by atoms with van der Waals surface area (Å²) >= 11 is 3.04. The van der Waals surface area contributed by atoms with Gasteiger partial charge in [0.15, 0.2) is 11.0 Å². The minimum Gasteiger partial charge on any atom is -0.350 e. The molecule has 164 valence electrons. The summed E-state index contributed by atoms with van der Waals surface area (Å²) in [6, 6.07) is 14.3. The lowest BCUT2D eigenvalue weighted by Gasteiger charge is -2.17. The Labute approximate surface area is 196 Å². The summed E-state index contributed by atoms with van der Waals surface area (Å²) in [7, 11) is 0. The standard InChI is InChI=1S/C24H25N5OS2/c1-3-17-8-5-9-18(4-2)22(17)29-23(19-10-6-12-25-14-19)27-28-24(29)32-16-21(30)26-15-20-11-7-13-31-20/h5-14H,3-4,15-16H2,1-2H3,(H,26,30). The van der Waals surface area contributed by atoms with Crippen LogP contribution in [0.3, 0.4) is 0 Å². The Morgan fingerprint density at radius 2 is 1.88 bits per heavy atom. The number of pyridine rings is 1. The van der Waals surface area contributed by atoms with E-state index in [2.05, 4.69) is 57.1 Å². The molecule has 3 aromatic heterocycles. The molecule has 0 fully saturated rings. The van der Waals surface area contributed by atoms with E-state index < -0.39 is 0 Å². The fourth-order valence-corrected chi connectivity index (χ4v) is 4.94. The van der Waals surface area contributed by atoms with Crippen molar-refractivity contribution >= 4 is 29.0 Å².